The molecule has 36 heavy (non-hydrogen) atoms. The summed E-state index contributed by atoms with van der Waals surface area (Å²) < 4.78 is 20.4. The number of fused-ring (bicyclic) bond motifs is 1. The van der Waals surface area contributed by atoms with Crippen molar-refractivity contribution in [2.24, 2.45) is 0 Å². The number of rotatable bonds is 5. The zero-order chi connectivity index (χ0) is 25.4. The van der Waals surface area contributed by atoms with Crippen molar-refractivity contribution in [3.8, 4) is 11.8 Å². The normalized spacial score (nSPS) is 20.8. The maximum atomic E-state index is 15.2. The highest BCUT2D eigenvalue weighted by Crippen LogP contribution is 2.36. The van der Waals surface area contributed by atoms with Crippen molar-refractivity contribution in [2.75, 3.05) is 20.2 Å². The van der Waals surface area contributed by atoms with Crippen LogP contribution in [0.15, 0.2) is 30.3 Å². The van der Waals surface area contributed by atoms with Crippen LogP contribution < -0.4 is 10.1 Å². The number of imide groups is 1. The highest BCUT2D eigenvalue weighted by Gasteiger charge is 2.40. The van der Waals surface area contributed by atoms with Crippen LogP contribution in [0.4, 0.5) is 4.39 Å². The zero-order valence-corrected chi connectivity index (χ0v) is 20.1. The Bertz CT molecular complexity index is 1280. The molecule has 0 aromatic heterocycles. The third-order valence-corrected chi connectivity index (χ3v) is 7.50. The minimum absolute atomic E-state index is 0.0256. The minimum Gasteiger partial charge on any atom is -0.497 e. The zero-order valence-electron chi connectivity index (χ0n) is 20.1. The third-order valence-electron chi connectivity index (χ3n) is 7.50. The molecule has 2 saturated heterocycles. The summed E-state index contributed by atoms with van der Waals surface area (Å²) in [5.41, 5.74) is 3.15. The van der Waals surface area contributed by atoms with E-state index in [4.69, 9.17) is 4.74 Å². The molecule has 2 aromatic carbocycles. The fraction of sp³-hybridized carbons (Fsp3) is 0.407. The van der Waals surface area contributed by atoms with Crippen LogP contribution in [0.25, 0.3) is 0 Å². The molecule has 3 heterocycles. The molecule has 2 fully saturated rings. The lowest BCUT2D eigenvalue weighted by Crippen LogP contribution is -2.52. The summed E-state index contributed by atoms with van der Waals surface area (Å²) in [4.78, 5) is 40.4. The number of nitriles is 1. The predicted octanol–water partition coefficient (Wildman–Crippen LogP) is 2.85. The third kappa shape index (κ3) is 4.44. The van der Waals surface area contributed by atoms with Crippen molar-refractivity contribution < 1.29 is 23.5 Å². The van der Waals surface area contributed by atoms with E-state index in [1.54, 1.807) is 19.2 Å². The van der Waals surface area contributed by atoms with E-state index in [9.17, 15) is 19.6 Å². The number of likely N-dealkylation sites (tertiary alicyclic amines) is 1. The molecular formula is C27H27FN4O4. The number of piperidine rings is 2. The first-order valence-corrected chi connectivity index (χ1v) is 12.1. The molecule has 3 aliphatic heterocycles. The Hall–Kier alpha value is -3.77. The van der Waals surface area contributed by atoms with Gasteiger partial charge in [0.05, 0.1) is 18.7 Å². The Morgan fingerprint density at radius 2 is 1.92 bits per heavy atom. The van der Waals surface area contributed by atoms with E-state index in [-0.39, 0.29) is 37.1 Å². The maximum absolute atomic E-state index is 15.2. The van der Waals surface area contributed by atoms with Crippen LogP contribution in [0.1, 0.15) is 64.2 Å². The lowest BCUT2D eigenvalue weighted by molar-refractivity contribution is -0.136. The molecule has 3 aliphatic rings. The SMILES string of the molecule is COc1ccc(CN2CCC(c3cc4c(cc3F)C(=O)N(C3CCC(=O)NC3=O)C4)CC2)c(C#N)c1. The number of nitrogens with one attached hydrogen (secondary N) is 1. The number of amides is 3. The largest absolute Gasteiger partial charge is 0.497 e. The van der Waals surface area contributed by atoms with Gasteiger partial charge in [-0.05, 0) is 73.2 Å². The lowest BCUT2D eigenvalue weighted by atomic mass is 9.87. The van der Waals surface area contributed by atoms with E-state index >= 15 is 4.39 Å². The summed E-state index contributed by atoms with van der Waals surface area (Å²) in [6.45, 7) is 2.40. The number of nitrogens with zero attached hydrogens (tertiary/aromatic N) is 3. The average Bonchev–Trinajstić information content (AvgIpc) is 3.19. The molecule has 0 spiro atoms. The molecule has 5 rings (SSSR count). The Kier molecular flexibility index (Phi) is 6.46. The number of benzene rings is 2. The van der Waals surface area contributed by atoms with E-state index < -0.39 is 17.8 Å². The molecular weight excluding hydrogens is 463 g/mol. The first-order valence-electron chi connectivity index (χ1n) is 12.1. The Balaban J connectivity index is 1.26. The van der Waals surface area contributed by atoms with E-state index in [0.29, 0.717) is 29.0 Å². The second kappa shape index (κ2) is 9.70. The van der Waals surface area contributed by atoms with Gasteiger partial charge in [-0.15, -0.1) is 0 Å². The van der Waals surface area contributed by atoms with Gasteiger partial charge in [-0.2, -0.15) is 5.26 Å². The van der Waals surface area contributed by atoms with Crippen LogP contribution in [0.3, 0.4) is 0 Å². The molecule has 1 atom stereocenters. The second-order valence-electron chi connectivity index (χ2n) is 9.62. The van der Waals surface area contributed by atoms with E-state index in [0.717, 1.165) is 37.1 Å². The summed E-state index contributed by atoms with van der Waals surface area (Å²) in [6, 6.07) is 10.1. The fourth-order valence-electron chi connectivity index (χ4n) is 5.49. The highest BCUT2D eigenvalue weighted by molar-refractivity contribution is 6.05. The van der Waals surface area contributed by atoms with Crippen LogP contribution in [-0.4, -0.2) is 53.8 Å². The molecule has 186 valence electrons. The van der Waals surface area contributed by atoms with Crippen molar-refractivity contribution in [2.45, 2.75) is 50.7 Å². The van der Waals surface area contributed by atoms with Gasteiger partial charge in [0, 0.05) is 25.1 Å². The predicted molar refractivity (Wildman–Crippen MR) is 127 cm³/mol. The molecule has 2 aromatic rings. The summed E-state index contributed by atoms with van der Waals surface area (Å²) in [5.74, 6) is -0.902. The molecule has 0 radical (unpaired) electrons. The number of hydrogen-bond acceptors (Lipinski definition) is 6. The molecule has 0 saturated carbocycles. The Labute approximate surface area is 208 Å². The first-order chi connectivity index (χ1) is 17.4. The molecule has 3 amide bonds. The van der Waals surface area contributed by atoms with Crippen LogP contribution in [-0.2, 0) is 22.7 Å². The van der Waals surface area contributed by atoms with Crippen LogP contribution in [0.2, 0.25) is 0 Å². The average molecular weight is 491 g/mol. The molecule has 1 N–H and O–H groups in total. The topological polar surface area (TPSA) is 103 Å². The summed E-state index contributed by atoms with van der Waals surface area (Å²) in [5, 5.41) is 11.8. The number of methoxy groups -OCH3 is 1. The van der Waals surface area contributed by atoms with Gasteiger partial charge in [0.1, 0.15) is 17.6 Å². The first kappa shape index (κ1) is 23.9. The minimum atomic E-state index is -0.714. The van der Waals surface area contributed by atoms with E-state index in [1.165, 1.54) is 11.0 Å². The van der Waals surface area contributed by atoms with Gasteiger partial charge in [-0.1, -0.05) is 12.1 Å². The van der Waals surface area contributed by atoms with Crippen LogP contribution in [0.5, 0.6) is 5.75 Å². The van der Waals surface area contributed by atoms with Gasteiger partial charge in [0.2, 0.25) is 11.8 Å². The molecule has 0 aliphatic carbocycles. The number of hydrogen-bond donors (Lipinski definition) is 1. The van der Waals surface area contributed by atoms with Crippen LogP contribution in [0, 0.1) is 17.1 Å². The van der Waals surface area contributed by atoms with Gasteiger partial charge in [0.15, 0.2) is 0 Å². The van der Waals surface area contributed by atoms with Crippen molar-refractivity contribution in [1.29, 1.82) is 5.26 Å². The number of carbonyl (C=O) groups excluding carboxylic acids is 3. The summed E-state index contributed by atoms with van der Waals surface area (Å²) in [6.07, 6.45) is 1.98. The number of ether oxygens (including phenoxy) is 1. The van der Waals surface area contributed by atoms with E-state index in [2.05, 4.69) is 16.3 Å². The maximum Gasteiger partial charge on any atom is 0.255 e. The number of halogens is 1. The highest BCUT2D eigenvalue weighted by atomic mass is 19.1. The van der Waals surface area contributed by atoms with Gasteiger partial charge < -0.3 is 9.64 Å². The Morgan fingerprint density at radius 1 is 1.14 bits per heavy atom. The monoisotopic (exact) mass is 490 g/mol. The van der Waals surface area contributed by atoms with Gasteiger partial charge >= 0.3 is 0 Å². The fourth-order valence-corrected chi connectivity index (χ4v) is 5.49. The molecule has 8 nitrogen and oxygen atoms in total. The smallest absolute Gasteiger partial charge is 0.255 e. The van der Waals surface area contributed by atoms with Crippen LogP contribution >= 0.6 is 0 Å². The van der Waals surface area contributed by atoms with E-state index in [1.807, 2.05) is 12.1 Å². The molecule has 0 bridgehead atoms. The van der Waals surface area contributed by atoms with Gasteiger partial charge in [0.25, 0.3) is 5.91 Å². The lowest BCUT2D eigenvalue weighted by Gasteiger charge is -2.32. The molecule has 9 heteroatoms. The number of carbonyl (C=O) groups is 3. The van der Waals surface area contributed by atoms with Crippen molar-refractivity contribution >= 4 is 17.7 Å². The van der Waals surface area contributed by atoms with Gasteiger partial charge in [-0.25, -0.2) is 4.39 Å². The van der Waals surface area contributed by atoms with Crippen molar-refractivity contribution in [3.05, 3.63) is 64.0 Å². The summed E-state index contributed by atoms with van der Waals surface area (Å²) >= 11 is 0. The molecule has 1 unspecified atom stereocenters. The summed E-state index contributed by atoms with van der Waals surface area (Å²) in [7, 11) is 1.57. The van der Waals surface area contributed by atoms with Crippen molar-refractivity contribution in [3.63, 3.8) is 0 Å². The van der Waals surface area contributed by atoms with Crippen molar-refractivity contribution in [1.82, 2.24) is 15.1 Å². The standard InChI is InChI=1S/C27H27FN4O4/c1-36-20-3-2-17(18(10-20)13-29)14-31-8-6-16(7-9-31)21-11-19-15-32(27(35)22(19)12-23(21)28)24-4-5-25(33)30-26(24)34/h2-3,10-12,16,24H,4-9,14-15H2,1H3,(H,30,33,34). The second-order valence-corrected chi connectivity index (χ2v) is 9.62. The van der Waals surface area contributed by atoms with Gasteiger partial charge in [-0.3, -0.25) is 24.6 Å². The Morgan fingerprint density at radius 3 is 2.61 bits per heavy atom. The quantitative estimate of drug-likeness (QED) is 0.647.